The molecule has 1 aromatic carbocycles. The average molecular weight is 312 g/mol. The first-order valence-electron chi connectivity index (χ1n) is 4.87. The van der Waals surface area contributed by atoms with Gasteiger partial charge in [-0.15, -0.1) is 0 Å². The van der Waals surface area contributed by atoms with Crippen LogP contribution >= 0.6 is 27.5 Å². The highest BCUT2D eigenvalue weighted by Crippen LogP contribution is 2.32. The van der Waals surface area contributed by atoms with Gasteiger partial charge < -0.3 is 9.84 Å². The van der Waals surface area contributed by atoms with Crippen molar-refractivity contribution in [3.05, 3.63) is 33.0 Å². The number of methoxy groups -OCH3 is 1. The Labute approximate surface area is 108 Å². The van der Waals surface area contributed by atoms with Gasteiger partial charge in [0.2, 0.25) is 0 Å². The molecule has 16 heavy (non-hydrogen) atoms. The van der Waals surface area contributed by atoms with Gasteiger partial charge in [0.05, 0.1) is 11.1 Å². The number of ether oxygens (including phenoxy) is 1. The summed E-state index contributed by atoms with van der Waals surface area (Å²) in [5.41, 5.74) is 0.155. The SMILES string of the molecule is CCC(OC)C(O)c1ccc(Br)c(Cl)c1F. The quantitative estimate of drug-likeness (QED) is 0.859. The number of aliphatic hydroxyl groups is 1. The van der Waals surface area contributed by atoms with Crippen molar-refractivity contribution in [3.8, 4) is 0 Å². The number of hydrogen-bond donors (Lipinski definition) is 1. The Morgan fingerprint density at radius 2 is 2.19 bits per heavy atom. The predicted octanol–water partition coefficient (Wildman–Crippen LogP) is 3.70. The topological polar surface area (TPSA) is 29.5 Å². The second-order valence-electron chi connectivity index (χ2n) is 3.39. The van der Waals surface area contributed by atoms with E-state index in [1.54, 1.807) is 6.07 Å². The van der Waals surface area contributed by atoms with E-state index in [1.165, 1.54) is 13.2 Å². The lowest BCUT2D eigenvalue weighted by molar-refractivity contribution is -0.0164. The maximum atomic E-state index is 13.8. The lowest BCUT2D eigenvalue weighted by Gasteiger charge is -2.21. The molecule has 1 rings (SSSR count). The molecule has 0 amide bonds. The average Bonchev–Trinajstić information content (AvgIpc) is 2.27. The zero-order valence-electron chi connectivity index (χ0n) is 9.01. The highest BCUT2D eigenvalue weighted by Gasteiger charge is 2.23. The summed E-state index contributed by atoms with van der Waals surface area (Å²) < 4.78 is 19.3. The van der Waals surface area contributed by atoms with Crippen LogP contribution in [0.3, 0.4) is 0 Å². The van der Waals surface area contributed by atoms with Crippen LogP contribution in [-0.4, -0.2) is 18.3 Å². The molecule has 0 saturated heterocycles. The molecule has 0 bridgehead atoms. The van der Waals surface area contributed by atoms with Crippen LogP contribution in [0.5, 0.6) is 0 Å². The van der Waals surface area contributed by atoms with Crippen LogP contribution in [0.15, 0.2) is 16.6 Å². The Hall–Kier alpha value is -0.160. The largest absolute Gasteiger partial charge is 0.386 e. The summed E-state index contributed by atoms with van der Waals surface area (Å²) in [4.78, 5) is 0. The monoisotopic (exact) mass is 310 g/mol. The third-order valence-corrected chi connectivity index (χ3v) is 3.70. The zero-order chi connectivity index (χ0) is 12.3. The van der Waals surface area contributed by atoms with Gasteiger partial charge >= 0.3 is 0 Å². The molecule has 0 aliphatic carbocycles. The molecule has 0 aliphatic heterocycles. The van der Waals surface area contributed by atoms with Crippen molar-refractivity contribution in [2.75, 3.05) is 7.11 Å². The summed E-state index contributed by atoms with van der Waals surface area (Å²) in [5.74, 6) is -0.612. The Morgan fingerprint density at radius 3 is 2.69 bits per heavy atom. The third-order valence-electron chi connectivity index (χ3n) is 2.44. The van der Waals surface area contributed by atoms with Crippen LogP contribution in [0, 0.1) is 5.82 Å². The summed E-state index contributed by atoms with van der Waals surface area (Å²) >= 11 is 8.86. The van der Waals surface area contributed by atoms with Crippen molar-refractivity contribution < 1.29 is 14.2 Å². The number of rotatable bonds is 4. The van der Waals surface area contributed by atoms with E-state index in [0.29, 0.717) is 10.9 Å². The summed E-state index contributed by atoms with van der Waals surface area (Å²) in [6.07, 6.45) is -0.863. The van der Waals surface area contributed by atoms with E-state index in [2.05, 4.69) is 15.9 Å². The Balaban J connectivity index is 3.09. The Morgan fingerprint density at radius 1 is 1.56 bits per heavy atom. The molecule has 0 spiro atoms. The number of halogens is 3. The van der Waals surface area contributed by atoms with Crippen molar-refractivity contribution in [1.82, 2.24) is 0 Å². The van der Waals surface area contributed by atoms with Gasteiger partial charge in [0.25, 0.3) is 0 Å². The maximum absolute atomic E-state index is 13.8. The van der Waals surface area contributed by atoms with Gasteiger partial charge in [0, 0.05) is 17.1 Å². The standard InChI is InChI=1S/C11H13BrClFO2/c1-3-8(16-2)11(15)6-4-5-7(12)9(13)10(6)14/h4-5,8,11,15H,3H2,1-2H3. The molecule has 0 aromatic heterocycles. The predicted molar refractivity (Wildman–Crippen MR) is 65.2 cm³/mol. The van der Waals surface area contributed by atoms with Crippen molar-refractivity contribution >= 4 is 27.5 Å². The molecule has 5 heteroatoms. The minimum Gasteiger partial charge on any atom is -0.386 e. The van der Waals surface area contributed by atoms with Gasteiger partial charge in [-0.05, 0) is 28.4 Å². The van der Waals surface area contributed by atoms with Gasteiger partial charge in [0.15, 0.2) is 0 Å². The Bertz CT molecular complexity index is 369. The molecule has 1 N–H and O–H groups in total. The summed E-state index contributed by atoms with van der Waals surface area (Å²) in [6, 6.07) is 3.10. The summed E-state index contributed by atoms with van der Waals surface area (Å²) in [6.45, 7) is 1.86. The van der Waals surface area contributed by atoms with E-state index in [-0.39, 0.29) is 10.6 Å². The molecular weight excluding hydrogens is 298 g/mol. The lowest BCUT2D eigenvalue weighted by Crippen LogP contribution is -2.21. The second-order valence-corrected chi connectivity index (χ2v) is 4.62. The highest BCUT2D eigenvalue weighted by atomic mass is 79.9. The van der Waals surface area contributed by atoms with Gasteiger partial charge in [-0.3, -0.25) is 0 Å². The van der Waals surface area contributed by atoms with E-state index in [4.69, 9.17) is 16.3 Å². The third kappa shape index (κ3) is 2.74. The zero-order valence-corrected chi connectivity index (χ0v) is 11.3. The van der Waals surface area contributed by atoms with E-state index in [1.807, 2.05) is 6.92 Å². The lowest BCUT2D eigenvalue weighted by atomic mass is 10.0. The van der Waals surface area contributed by atoms with Crippen molar-refractivity contribution in [1.29, 1.82) is 0 Å². The first-order valence-corrected chi connectivity index (χ1v) is 6.04. The Kier molecular flexibility index (Phi) is 5.18. The van der Waals surface area contributed by atoms with Crippen LogP contribution in [0.4, 0.5) is 4.39 Å². The summed E-state index contributed by atoms with van der Waals surface area (Å²) in [5, 5.41) is 9.91. The fourth-order valence-corrected chi connectivity index (χ4v) is 1.97. The van der Waals surface area contributed by atoms with E-state index < -0.39 is 18.0 Å². The number of aliphatic hydroxyl groups excluding tert-OH is 1. The fraction of sp³-hybridized carbons (Fsp3) is 0.455. The molecule has 0 aliphatic rings. The van der Waals surface area contributed by atoms with E-state index in [0.717, 1.165) is 0 Å². The van der Waals surface area contributed by atoms with Gasteiger partial charge in [-0.2, -0.15) is 0 Å². The summed E-state index contributed by atoms with van der Waals surface area (Å²) in [7, 11) is 1.48. The van der Waals surface area contributed by atoms with Gasteiger partial charge in [0.1, 0.15) is 11.9 Å². The normalized spacial score (nSPS) is 14.9. The van der Waals surface area contributed by atoms with E-state index >= 15 is 0 Å². The molecule has 0 fully saturated rings. The minimum atomic E-state index is -1.01. The molecule has 0 radical (unpaired) electrons. The highest BCUT2D eigenvalue weighted by molar-refractivity contribution is 9.10. The number of hydrogen-bond acceptors (Lipinski definition) is 2. The molecule has 0 heterocycles. The molecule has 90 valence electrons. The van der Waals surface area contributed by atoms with Crippen LogP contribution < -0.4 is 0 Å². The smallest absolute Gasteiger partial charge is 0.148 e. The molecule has 2 unspecified atom stereocenters. The fourth-order valence-electron chi connectivity index (χ4n) is 1.49. The van der Waals surface area contributed by atoms with Gasteiger partial charge in [-0.1, -0.05) is 24.6 Å². The van der Waals surface area contributed by atoms with Crippen molar-refractivity contribution in [2.24, 2.45) is 0 Å². The molecule has 0 saturated carbocycles. The number of benzene rings is 1. The van der Waals surface area contributed by atoms with E-state index in [9.17, 15) is 9.50 Å². The minimum absolute atomic E-state index is 0.0255. The van der Waals surface area contributed by atoms with Crippen molar-refractivity contribution in [3.63, 3.8) is 0 Å². The maximum Gasteiger partial charge on any atom is 0.148 e. The van der Waals surface area contributed by atoms with Crippen molar-refractivity contribution in [2.45, 2.75) is 25.6 Å². The van der Waals surface area contributed by atoms with Crippen LogP contribution in [-0.2, 0) is 4.74 Å². The molecule has 2 nitrogen and oxygen atoms in total. The molecule has 2 atom stereocenters. The first kappa shape index (κ1) is 13.9. The molecule has 1 aromatic rings. The van der Waals surface area contributed by atoms with Crippen LogP contribution in [0.1, 0.15) is 25.0 Å². The van der Waals surface area contributed by atoms with Crippen LogP contribution in [0.2, 0.25) is 5.02 Å². The molecular formula is C11H13BrClFO2. The second kappa shape index (κ2) is 5.96. The first-order chi connectivity index (χ1) is 7.52. The van der Waals surface area contributed by atoms with Gasteiger partial charge in [-0.25, -0.2) is 4.39 Å². The van der Waals surface area contributed by atoms with Crippen LogP contribution in [0.25, 0.3) is 0 Å².